The van der Waals surface area contributed by atoms with E-state index >= 15 is 0 Å². The minimum Gasteiger partial charge on any atom is -0.389 e. The largest absolute Gasteiger partial charge is 0.389 e. The van der Waals surface area contributed by atoms with Crippen LogP contribution in [-0.2, 0) is 20.0 Å². The number of rotatable bonds is 2. The van der Waals surface area contributed by atoms with Gasteiger partial charge < -0.3 is 10.6 Å². The zero-order valence-electron chi connectivity index (χ0n) is 12.2. The summed E-state index contributed by atoms with van der Waals surface area (Å²) in [5, 5.41) is 25.2. The predicted octanol–water partition coefficient (Wildman–Crippen LogP) is 1.71. The van der Waals surface area contributed by atoms with Gasteiger partial charge >= 0.3 is 5.69 Å². The number of aryl methyl sites for hydroxylation is 2. The number of nitrogen functional groups attached to an aromatic ring is 1. The standard InChI is InChI=1S/C13H14N6O2S/c1-7-11(19(20)21)13(17(2)16-7)18-4-3-8-9(5-14)12(15)22-10(8)6-18/h3-4,6,15H2,1-2H3. The van der Waals surface area contributed by atoms with E-state index in [2.05, 4.69) is 11.2 Å². The van der Waals surface area contributed by atoms with Crippen molar-refractivity contribution in [2.24, 2.45) is 7.05 Å². The fourth-order valence-corrected chi connectivity index (χ4v) is 4.02. The number of hydrogen-bond acceptors (Lipinski definition) is 7. The average molecular weight is 318 g/mol. The summed E-state index contributed by atoms with van der Waals surface area (Å²) in [6, 6.07) is 2.14. The van der Waals surface area contributed by atoms with Crippen molar-refractivity contribution in [2.75, 3.05) is 17.2 Å². The van der Waals surface area contributed by atoms with E-state index in [0.717, 1.165) is 10.4 Å². The highest BCUT2D eigenvalue weighted by atomic mass is 32.1. The van der Waals surface area contributed by atoms with Crippen LogP contribution in [0.25, 0.3) is 0 Å². The van der Waals surface area contributed by atoms with E-state index < -0.39 is 4.92 Å². The Morgan fingerprint density at radius 1 is 1.55 bits per heavy atom. The maximum absolute atomic E-state index is 11.3. The first-order valence-electron chi connectivity index (χ1n) is 6.67. The van der Waals surface area contributed by atoms with Crippen molar-refractivity contribution in [3.8, 4) is 6.07 Å². The van der Waals surface area contributed by atoms with E-state index in [-0.39, 0.29) is 5.69 Å². The number of nitro groups is 1. The number of hydrogen-bond donors (Lipinski definition) is 1. The normalized spacial score (nSPS) is 13.8. The Morgan fingerprint density at radius 3 is 2.91 bits per heavy atom. The van der Waals surface area contributed by atoms with Crippen molar-refractivity contribution in [3.05, 3.63) is 31.8 Å². The third-order valence-electron chi connectivity index (χ3n) is 3.84. The fraction of sp³-hybridized carbons (Fsp3) is 0.385. The van der Waals surface area contributed by atoms with Gasteiger partial charge in [0.15, 0.2) is 0 Å². The molecule has 1 aliphatic heterocycles. The molecule has 0 bridgehead atoms. The molecule has 22 heavy (non-hydrogen) atoms. The molecule has 1 aliphatic rings. The zero-order chi connectivity index (χ0) is 16.0. The van der Waals surface area contributed by atoms with Crippen molar-refractivity contribution in [1.29, 1.82) is 5.26 Å². The number of anilines is 2. The molecule has 0 saturated carbocycles. The van der Waals surface area contributed by atoms with Crippen LogP contribution in [-0.4, -0.2) is 21.2 Å². The summed E-state index contributed by atoms with van der Waals surface area (Å²) in [6.07, 6.45) is 0.646. The van der Waals surface area contributed by atoms with Crippen molar-refractivity contribution < 1.29 is 4.92 Å². The van der Waals surface area contributed by atoms with Crippen LogP contribution >= 0.6 is 11.3 Å². The molecule has 0 atom stereocenters. The Balaban J connectivity index is 2.03. The van der Waals surface area contributed by atoms with Gasteiger partial charge in [-0.1, -0.05) is 0 Å². The molecule has 3 heterocycles. The molecule has 114 valence electrons. The molecule has 0 spiro atoms. The lowest BCUT2D eigenvalue weighted by molar-refractivity contribution is -0.384. The Morgan fingerprint density at radius 2 is 2.27 bits per heavy atom. The molecule has 0 aromatic carbocycles. The molecule has 0 amide bonds. The maximum atomic E-state index is 11.3. The Hall–Kier alpha value is -2.60. The van der Waals surface area contributed by atoms with E-state index in [0.29, 0.717) is 41.6 Å². The van der Waals surface area contributed by atoms with Gasteiger partial charge in [0.1, 0.15) is 16.8 Å². The lowest BCUT2D eigenvalue weighted by Crippen LogP contribution is -2.31. The molecule has 0 radical (unpaired) electrons. The van der Waals surface area contributed by atoms with Crippen LogP contribution in [0.2, 0.25) is 0 Å². The zero-order valence-corrected chi connectivity index (χ0v) is 13.0. The first-order valence-corrected chi connectivity index (χ1v) is 7.48. The second-order valence-corrected chi connectivity index (χ2v) is 6.30. The highest BCUT2D eigenvalue weighted by Gasteiger charge is 2.32. The molecule has 2 aromatic heterocycles. The van der Waals surface area contributed by atoms with E-state index in [1.807, 2.05) is 4.90 Å². The SMILES string of the molecule is Cc1nn(C)c(N2CCc3c(sc(N)c3C#N)C2)c1[N+](=O)[O-]. The van der Waals surface area contributed by atoms with Gasteiger partial charge in [0.25, 0.3) is 0 Å². The summed E-state index contributed by atoms with van der Waals surface area (Å²) >= 11 is 1.38. The second kappa shape index (κ2) is 4.99. The molecule has 9 heteroatoms. The highest BCUT2D eigenvalue weighted by Crippen LogP contribution is 2.38. The van der Waals surface area contributed by atoms with Crippen molar-refractivity contribution in [3.63, 3.8) is 0 Å². The lowest BCUT2D eigenvalue weighted by Gasteiger charge is -2.27. The molecule has 2 N–H and O–H groups in total. The molecule has 3 rings (SSSR count). The smallest absolute Gasteiger partial charge is 0.333 e. The first kappa shape index (κ1) is 14.3. The summed E-state index contributed by atoms with van der Waals surface area (Å²) < 4.78 is 1.54. The number of nitrogens with zero attached hydrogens (tertiary/aromatic N) is 5. The summed E-state index contributed by atoms with van der Waals surface area (Å²) in [4.78, 5) is 13.8. The topological polar surface area (TPSA) is 114 Å². The summed E-state index contributed by atoms with van der Waals surface area (Å²) in [5.41, 5.74) is 7.84. The minimum absolute atomic E-state index is 0.0379. The van der Waals surface area contributed by atoms with E-state index in [1.165, 1.54) is 11.3 Å². The highest BCUT2D eigenvalue weighted by molar-refractivity contribution is 7.16. The Bertz CT molecular complexity index is 816. The van der Waals surface area contributed by atoms with Gasteiger partial charge in [-0.3, -0.25) is 10.1 Å². The molecule has 0 aliphatic carbocycles. The predicted molar refractivity (Wildman–Crippen MR) is 82.8 cm³/mol. The van der Waals surface area contributed by atoms with Gasteiger partial charge in [0.05, 0.1) is 17.0 Å². The molecular weight excluding hydrogens is 304 g/mol. The number of thiophene rings is 1. The molecule has 0 fully saturated rings. The van der Waals surface area contributed by atoms with E-state index in [4.69, 9.17) is 5.73 Å². The van der Waals surface area contributed by atoms with Gasteiger partial charge in [-0.05, 0) is 18.9 Å². The lowest BCUT2D eigenvalue weighted by atomic mass is 10.0. The van der Waals surface area contributed by atoms with Crippen molar-refractivity contribution in [2.45, 2.75) is 19.9 Å². The number of nitrogens with two attached hydrogens (primary N) is 1. The van der Waals surface area contributed by atoms with Gasteiger partial charge in [-0.15, -0.1) is 11.3 Å². The summed E-state index contributed by atoms with van der Waals surface area (Å²) in [6.45, 7) is 2.73. The maximum Gasteiger partial charge on any atom is 0.333 e. The van der Waals surface area contributed by atoms with Crippen LogP contribution < -0.4 is 10.6 Å². The third-order valence-corrected chi connectivity index (χ3v) is 4.88. The average Bonchev–Trinajstić information content (AvgIpc) is 2.92. The Kier molecular flexibility index (Phi) is 3.26. The number of fused-ring (bicyclic) bond motifs is 1. The van der Waals surface area contributed by atoms with Crippen LogP contribution in [0.4, 0.5) is 16.5 Å². The first-order chi connectivity index (χ1) is 10.4. The van der Waals surface area contributed by atoms with Crippen LogP contribution in [0.15, 0.2) is 0 Å². The van der Waals surface area contributed by atoms with Crippen LogP contribution in [0, 0.1) is 28.4 Å². The number of nitriles is 1. The van der Waals surface area contributed by atoms with Gasteiger partial charge in [-0.2, -0.15) is 10.4 Å². The minimum atomic E-state index is -0.392. The van der Waals surface area contributed by atoms with E-state index in [9.17, 15) is 15.4 Å². The fourth-order valence-electron chi connectivity index (χ4n) is 2.93. The van der Waals surface area contributed by atoms with Crippen LogP contribution in [0.3, 0.4) is 0 Å². The summed E-state index contributed by atoms with van der Waals surface area (Å²) in [7, 11) is 1.70. The molecular formula is C13H14N6O2S. The van der Waals surface area contributed by atoms with Gasteiger partial charge in [-0.25, -0.2) is 4.68 Å². The molecule has 0 unspecified atom stereocenters. The second-order valence-electron chi connectivity index (χ2n) is 5.16. The molecule has 0 saturated heterocycles. The quantitative estimate of drug-likeness (QED) is 0.666. The molecule has 2 aromatic rings. The monoisotopic (exact) mass is 318 g/mol. The van der Waals surface area contributed by atoms with Crippen LogP contribution in [0.5, 0.6) is 0 Å². The van der Waals surface area contributed by atoms with Crippen molar-refractivity contribution >= 4 is 27.8 Å². The number of aromatic nitrogens is 2. The summed E-state index contributed by atoms with van der Waals surface area (Å²) in [5.74, 6) is 0.499. The van der Waals surface area contributed by atoms with E-state index in [1.54, 1.807) is 18.7 Å². The van der Waals surface area contributed by atoms with Gasteiger partial charge in [0.2, 0.25) is 5.82 Å². The third kappa shape index (κ3) is 2.00. The molecule has 8 nitrogen and oxygen atoms in total. The Labute approximate surface area is 130 Å². The van der Waals surface area contributed by atoms with Crippen LogP contribution in [0.1, 0.15) is 21.7 Å². The van der Waals surface area contributed by atoms with Crippen molar-refractivity contribution in [1.82, 2.24) is 9.78 Å². The van der Waals surface area contributed by atoms with Gasteiger partial charge in [0, 0.05) is 18.5 Å².